The van der Waals surface area contributed by atoms with E-state index in [4.69, 9.17) is 15.2 Å². The summed E-state index contributed by atoms with van der Waals surface area (Å²) in [6.07, 6.45) is -0.456. The molecule has 29 heavy (non-hydrogen) atoms. The maximum Gasteiger partial charge on any atom is 0.405 e. The molecule has 9 heteroatoms. The van der Waals surface area contributed by atoms with Crippen molar-refractivity contribution in [3.63, 3.8) is 0 Å². The van der Waals surface area contributed by atoms with E-state index in [2.05, 4.69) is 9.97 Å². The second-order valence-electron chi connectivity index (χ2n) is 7.22. The third kappa shape index (κ3) is 6.10. The van der Waals surface area contributed by atoms with Gasteiger partial charge in [0.15, 0.2) is 0 Å². The molecule has 0 aliphatic rings. The highest BCUT2D eigenvalue weighted by atomic mass is 19.3. The third-order valence-electron chi connectivity index (χ3n) is 4.01. The summed E-state index contributed by atoms with van der Waals surface area (Å²) in [5.74, 6) is 0.242. The molecule has 2 rings (SSSR count). The van der Waals surface area contributed by atoms with Crippen LogP contribution in [0.4, 0.5) is 13.6 Å². The van der Waals surface area contributed by atoms with Crippen molar-refractivity contribution in [3.8, 4) is 23.1 Å². The first-order chi connectivity index (χ1) is 13.6. The summed E-state index contributed by atoms with van der Waals surface area (Å²) in [5, 5.41) is 9.45. The van der Waals surface area contributed by atoms with Crippen LogP contribution < -0.4 is 10.5 Å². The van der Waals surface area contributed by atoms with Crippen LogP contribution in [0.2, 0.25) is 0 Å². The largest absolute Gasteiger partial charge is 0.472 e. The number of nitrogens with two attached hydrogens (primary N) is 1. The zero-order chi connectivity index (χ0) is 21.6. The molecule has 7 nitrogen and oxygen atoms in total. The van der Waals surface area contributed by atoms with Crippen molar-refractivity contribution in [2.45, 2.75) is 39.2 Å². The zero-order valence-electron chi connectivity index (χ0n) is 16.4. The van der Waals surface area contributed by atoms with E-state index in [1.807, 2.05) is 19.9 Å². The van der Waals surface area contributed by atoms with Gasteiger partial charge >= 0.3 is 6.09 Å². The molecule has 154 valence electrons. The Bertz CT molecular complexity index is 915. The molecule has 1 unspecified atom stereocenters. The number of aromatic nitrogens is 2. The van der Waals surface area contributed by atoms with E-state index in [0.717, 1.165) is 0 Å². The van der Waals surface area contributed by atoms with Crippen LogP contribution >= 0.6 is 0 Å². The molecular formula is C20H22F2N4O3. The molecule has 0 radical (unpaired) electrons. The molecule has 0 aromatic carbocycles. The van der Waals surface area contributed by atoms with Gasteiger partial charge in [0.05, 0.1) is 0 Å². The fraction of sp³-hybridized carbons (Fsp3) is 0.400. The Hall–Kier alpha value is -3.28. The van der Waals surface area contributed by atoms with Gasteiger partial charge in [-0.2, -0.15) is 5.26 Å². The van der Waals surface area contributed by atoms with E-state index < -0.39 is 18.1 Å². The molecule has 2 N–H and O–H groups in total. The number of primary amides is 1. The number of nitrogens with zero attached hydrogens (tertiary/aromatic N) is 3. The van der Waals surface area contributed by atoms with Crippen molar-refractivity contribution in [2.75, 3.05) is 6.61 Å². The molecule has 1 atom stereocenters. The first-order valence-electron chi connectivity index (χ1n) is 8.89. The van der Waals surface area contributed by atoms with Gasteiger partial charge in [-0.15, -0.1) is 0 Å². The fourth-order valence-corrected chi connectivity index (χ4v) is 3.01. The van der Waals surface area contributed by atoms with Crippen LogP contribution in [0.15, 0.2) is 30.6 Å². The number of halogens is 2. The summed E-state index contributed by atoms with van der Waals surface area (Å²) >= 11 is 0. The second kappa shape index (κ2) is 9.28. The zero-order valence-corrected chi connectivity index (χ0v) is 16.4. The van der Waals surface area contributed by atoms with Gasteiger partial charge in [-0.25, -0.2) is 18.6 Å². The number of hydrogen-bond donors (Lipinski definition) is 1. The highest BCUT2D eigenvalue weighted by Crippen LogP contribution is 2.28. The van der Waals surface area contributed by atoms with Crippen LogP contribution in [0.5, 0.6) is 5.88 Å². The highest BCUT2D eigenvalue weighted by molar-refractivity contribution is 5.66. The molecule has 0 aliphatic carbocycles. The van der Waals surface area contributed by atoms with Crippen molar-refractivity contribution < 1.29 is 23.0 Å². The highest BCUT2D eigenvalue weighted by Gasteiger charge is 2.31. The minimum absolute atomic E-state index is 0.0439. The number of pyridine rings is 2. The minimum Gasteiger partial charge on any atom is -0.472 e. The van der Waals surface area contributed by atoms with E-state index in [1.165, 1.54) is 24.5 Å². The molecule has 0 saturated carbocycles. The lowest BCUT2D eigenvalue weighted by molar-refractivity contribution is -0.0197. The Morgan fingerprint density at radius 1 is 1.31 bits per heavy atom. The van der Waals surface area contributed by atoms with Crippen LogP contribution in [-0.4, -0.2) is 28.3 Å². The smallest absolute Gasteiger partial charge is 0.405 e. The van der Waals surface area contributed by atoms with Gasteiger partial charge in [0.25, 0.3) is 6.43 Å². The van der Waals surface area contributed by atoms with Crippen molar-refractivity contribution >= 4 is 6.09 Å². The van der Waals surface area contributed by atoms with Crippen molar-refractivity contribution in [2.24, 2.45) is 11.7 Å². The summed E-state index contributed by atoms with van der Waals surface area (Å²) < 4.78 is 36.6. The Morgan fingerprint density at radius 2 is 2.03 bits per heavy atom. The number of carbonyl (C=O) groups is 1. The monoisotopic (exact) mass is 404 g/mol. The number of carbonyl (C=O) groups excluding carboxylic acids is 1. The molecule has 2 heterocycles. The average Bonchev–Trinajstić information content (AvgIpc) is 2.65. The van der Waals surface area contributed by atoms with E-state index in [0.29, 0.717) is 17.5 Å². The second-order valence-corrected chi connectivity index (χ2v) is 7.22. The SMILES string of the molecule is CC(C)CC(C)(COc1ncc(-c2ccnc(C(F)F)c2)cc1C#N)OC(N)=O. The number of hydrogen-bond acceptors (Lipinski definition) is 6. The summed E-state index contributed by atoms with van der Waals surface area (Å²) in [7, 11) is 0. The van der Waals surface area contributed by atoms with Crippen molar-refractivity contribution in [1.29, 1.82) is 5.26 Å². The van der Waals surface area contributed by atoms with E-state index in [-0.39, 0.29) is 29.7 Å². The molecule has 0 spiro atoms. The molecule has 2 aromatic rings. The summed E-state index contributed by atoms with van der Waals surface area (Å²) in [6, 6.07) is 6.25. The Labute approximate surface area is 167 Å². The van der Waals surface area contributed by atoms with Gasteiger partial charge in [-0.1, -0.05) is 13.8 Å². The predicted octanol–water partition coefficient (Wildman–Crippen LogP) is 4.23. The normalized spacial score (nSPS) is 13.0. The maximum absolute atomic E-state index is 12.9. The Morgan fingerprint density at radius 3 is 2.62 bits per heavy atom. The molecule has 0 saturated heterocycles. The van der Waals surface area contributed by atoms with E-state index in [9.17, 15) is 18.8 Å². The predicted molar refractivity (Wildman–Crippen MR) is 101 cm³/mol. The maximum atomic E-state index is 12.9. The van der Waals surface area contributed by atoms with Gasteiger partial charge in [0.2, 0.25) is 5.88 Å². The first-order valence-corrected chi connectivity index (χ1v) is 8.89. The molecule has 0 fully saturated rings. The van der Waals surface area contributed by atoms with E-state index in [1.54, 1.807) is 13.0 Å². The lowest BCUT2D eigenvalue weighted by atomic mass is 9.95. The fourth-order valence-electron chi connectivity index (χ4n) is 3.01. The third-order valence-corrected chi connectivity index (χ3v) is 4.01. The molecule has 0 aliphatic heterocycles. The summed E-state index contributed by atoms with van der Waals surface area (Å²) in [6.45, 7) is 5.54. The average molecular weight is 404 g/mol. The number of ether oxygens (including phenoxy) is 2. The number of alkyl halides is 2. The van der Waals surface area contributed by atoms with Crippen LogP contribution in [0.3, 0.4) is 0 Å². The number of nitriles is 1. The molecular weight excluding hydrogens is 382 g/mol. The number of amides is 1. The molecule has 2 aromatic heterocycles. The summed E-state index contributed by atoms with van der Waals surface area (Å²) in [4.78, 5) is 19.0. The van der Waals surface area contributed by atoms with Crippen LogP contribution in [-0.2, 0) is 4.74 Å². The van der Waals surface area contributed by atoms with Gasteiger partial charge in [-0.05, 0) is 43.0 Å². The lowest BCUT2D eigenvalue weighted by Crippen LogP contribution is -2.41. The first kappa shape index (κ1) is 22.0. The number of rotatable bonds is 8. The van der Waals surface area contributed by atoms with E-state index >= 15 is 0 Å². The Balaban J connectivity index is 2.26. The van der Waals surface area contributed by atoms with Crippen molar-refractivity contribution in [1.82, 2.24) is 9.97 Å². The van der Waals surface area contributed by atoms with Crippen molar-refractivity contribution in [3.05, 3.63) is 41.9 Å². The minimum atomic E-state index is -2.70. The van der Waals surface area contributed by atoms with Crippen LogP contribution in [0.1, 0.15) is 44.9 Å². The lowest BCUT2D eigenvalue weighted by Gasteiger charge is -2.30. The van der Waals surface area contributed by atoms with Crippen LogP contribution in [0, 0.1) is 17.2 Å². The van der Waals surface area contributed by atoms with Gasteiger partial charge in [0, 0.05) is 18.0 Å². The topological polar surface area (TPSA) is 111 Å². The standard InChI is InChI=1S/C20H22F2N4O3/c1-12(2)8-20(3,29-19(24)27)11-28-18-14(9-23)6-15(10-26-18)13-4-5-25-16(7-13)17(21)22/h4-7,10,12,17H,8,11H2,1-3H3,(H2,24,27). The Kier molecular flexibility index (Phi) is 7.04. The van der Waals surface area contributed by atoms with Crippen LogP contribution in [0.25, 0.3) is 11.1 Å². The van der Waals surface area contributed by atoms with Gasteiger partial charge < -0.3 is 15.2 Å². The molecule has 1 amide bonds. The van der Waals surface area contributed by atoms with Gasteiger partial charge in [-0.3, -0.25) is 4.98 Å². The van der Waals surface area contributed by atoms with Gasteiger partial charge in [0.1, 0.15) is 29.5 Å². The summed E-state index contributed by atoms with van der Waals surface area (Å²) in [5.41, 5.74) is 4.83. The quantitative estimate of drug-likeness (QED) is 0.705. The molecule has 0 bridgehead atoms.